The van der Waals surface area contributed by atoms with Crippen LogP contribution in [0.25, 0.3) is 0 Å². The van der Waals surface area contributed by atoms with Gasteiger partial charge in [0.25, 0.3) is 0 Å². The minimum absolute atomic E-state index is 1.09. The van der Waals surface area contributed by atoms with Crippen LogP contribution in [0.15, 0.2) is 12.4 Å². The highest BCUT2D eigenvalue weighted by atomic mass is 15.1. The molecule has 1 rings (SSSR count). The maximum Gasteiger partial charge on any atom is 0.108 e. The molecule has 1 aromatic rings. The third kappa shape index (κ3) is 4.47. The molecule has 3 nitrogen and oxygen atoms in total. The van der Waals surface area contributed by atoms with Gasteiger partial charge in [-0.2, -0.15) is 0 Å². The van der Waals surface area contributed by atoms with Crippen LogP contribution in [-0.2, 0) is 13.0 Å². The molecular weight excluding hydrogens is 186 g/mol. The lowest BCUT2D eigenvalue weighted by Gasteiger charge is -2.06. The van der Waals surface area contributed by atoms with Gasteiger partial charge in [0.2, 0.25) is 0 Å². The van der Waals surface area contributed by atoms with Crippen LogP contribution in [0.4, 0.5) is 0 Å². The molecule has 0 amide bonds. The minimum Gasteiger partial charge on any atom is -0.335 e. The highest BCUT2D eigenvalue weighted by Gasteiger charge is 2.00. The van der Waals surface area contributed by atoms with Crippen LogP contribution in [0, 0.1) is 0 Å². The van der Waals surface area contributed by atoms with Crippen LogP contribution in [0.5, 0.6) is 0 Å². The maximum atomic E-state index is 4.39. The van der Waals surface area contributed by atoms with Gasteiger partial charge >= 0.3 is 0 Å². The van der Waals surface area contributed by atoms with Crippen LogP contribution in [0.1, 0.15) is 38.9 Å². The SMILES string of the molecule is CCCNCCCc1nccn1CCC. The van der Waals surface area contributed by atoms with E-state index in [0.29, 0.717) is 0 Å². The first kappa shape index (κ1) is 12.2. The fraction of sp³-hybridized carbons (Fsp3) is 0.750. The second kappa shape index (κ2) is 7.46. The van der Waals surface area contributed by atoms with Gasteiger partial charge in [0.1, 0.15) is 5.82 Å². The van der Waals surface area contributed by atoms with Crippen molar-refractivity contribution >= 4 is 0 Å². The van der Waals surface area contributed by atoms with E-state index in [1.807, 2.05) is 6.20 Å². The van der Waals surface area contributed by atoms with Crippen molar-refractivity contribution in [2.24, 2.45) is 0 Å². The van der Waals surface area contributed by atoms with E-state index in [-0.39, 0.29) is 0 Å². The first-order chi connectivity index (χ1) is 7.38. The Kier molecular flexibility index (Phi) is 6.09. The Hall–Kier alpha value is -0.830. The third-order valence-electron chi connectivity index (χ3n) is 2.45. The Balaban J connectivity index is 2.21. The van der Waals surface area contributed by atoms with Gasteiger partial charge in [0.05, 0.1) is 0 Å². The molecular formula is C12H23N3. The van der Waals surface area contributed by atoms with Crippen LogP contribution in [0.2, 0.25) is 0 Å². The first-order valence-corrected chi connectivity index (χ1v) is 6.09. The summed E-state index contributed by atoms with van der Waals surface area (Å²) in [5.74, 6) is 1.23. The average molecular weight is 209 g/mol. The van der Waals surface area contributed by atoms with Gasteiger partial charge in [-0.3, -0.25) is 0 Å². The summed E-state index contributed by atoms with van der Waals surface area (Å²) in [4.78, 5) is 4.39. The largest absolute Gasteiger partial charge is 0.335 e. The van der Waals surface area contributed by atoms with Gasteiger partial charge in [-0.05, 0) is 32.4 Å². The van der Waals surface area contributed by atoms with Crippen molar-refractivity contribution in [1.29, 1.82) is 0 Å². The summed E-state index contributed by atoms with van der Waals surface area (Å²) in [5.41, 5.74) is 0. The van der Waals surface area contributed by atoms with Crippen molar-refractivity contribution in [2.75, 3.05) is 13.1 Å². The van der Waals surface area contributed by atoms with E-state index in [2.05, 4.69) is 34.9 Å². The Bertz CT molecular complexity index is 255. The summed E-state index contributed by atoms with van der Waals surface area (Å²) < 4.78 is 2.26. The lowest BCUT2D eigenvalue weighted by atomic mass is 10.3. The molecule has 0 aromatic carbocycles. The van der Waals surface area contributed by atoms with E-state index in [0.717, 1.165) is 26.1 Å². The molecule has 0 radical (unpaired) electrons. The van der Waals surface area contributed by atoms with Gasteiger partial charge < -0.3 is 9.88 Å². The summed E-state index contributed by atoms with van der Waals surface area (Å²) >= 11 is 0. The van der Waals surface area contributed by atoms with E-state index < -0.39 is 0 Å². The van der Waals surface area contributed by atoms with Gasteiger partial charge in [0, 0.05) is 25.4 Å². The summed E-state index contributed by atoms with van der Waals surface area (Å²) in [6.07, 6.45) is 8.65. The summed E-state index contributed by atoms with van der Waals surface area (Å²) in [6.45, 7) is 7.72. The van der Waals surface area contributed by atoms with E-state index >= 15 is 0 Å². The smallest absolute Gasteiger partial charge is 0.108 e. The van der Waals surface area contributed by atoms with E-state index in [1.54, 1.807) is 0 Å². The van der Waals surface area contributed by atoms with Crippen LogP contribution in [0.3, 0.4) is 0 Å². The Labute approximate surface area is 92.9 Å². The molecule has 15 heavy (non-hydrogen) atoms. The Morgan fingerprint density at radius 2 is 2.13 bits per heavy atom. The molecule has 0 aliphatic rings. The maximum absolute atomic E-state index is 4.39. The Morgan fingerprint density at radius 3 is 2.87 bits per heavy atom. The molecule has 0 atom stereocenters. The van der Waals surface area contributed by atoms with Gasteiger partial charge in [-0.25, -0.2) is 4.98 Å². The number of nitrogens with one attached hydrogen (secondary N) is 1. The van der Waals surface area contributed by atoms with Crippen molar-refractivity contribution in [2.45, 2.75) is 46.1 Å². The molecule has 86 valence electrons. The lowest BCUT2D eigenvalue weighted by Crippen LogP contribution is -2.17. The monoisotopic (exact) mass is 209 g/mol. The molecule has 0 aliphatic carbocycles. The molecule has 0 saturated carbocycles. The van der Waals surface area contributed by atoms with Gasteiger partial charge in [-0.1, -0.05) is 13.8 Å². The lowest BCUT2D eigenvalue weighted by molar-refractivity contribution is 0.594. The molecule has 0 unspecified atom stereocenters. The van der Waals surface area contributed by atoms with Crippen molar-refractivity contribution in [3.63, 3.8) is 0 Å². The summed E-state index contributed by atoms with van der Waals surface area (Å²) in [6, 6.07) is 0. The van der Waals surface area contributed by atoms with E-state index in [9.17, 15) is 0 Å². The predicted octanol–water partition coefficient (Wildman–Crippen LogP) is 2.23. The highest BCUT2D eigenvalue weighted by Crippen LogP contribution is 2.02. The fourth-order valence-electron chi connectivity index (χ4n) is 1.69. The highest BCUT2D eigenvalue weighted by molar-refractivity contribution is 4.92. The third-order valence-corrected chi connectivity index (χ3v) is 2.45. The molecule has 1 aromatic heterocycles. The molecule has 0 aliphatic heterocycles. The molecule has 0 fully saturated rings. The fourth-order valence-corrected chi connectivity index (χ4v) is 1.69. The topological polar surface area (TPSA) is 29.9 Å². The van der Waals surface area contributed by atoms with E-state index in [4.69, 9.17) is 0 Å². The number of aryl methyl sites for hydroxylation is 2. The van der Waals surface area contributed by atoms with Crippen LogP contribution < -0.4 is 5.32 Å². The molecule has 0 spiro atoms. The van der Waals surface area contributed by atoms with Gasteiger partial charge in [-0.15, -0.1) is 0 Å². The minimum atomic E-state index is 1.09. The zero-order valence-electron chi connectivity index (χ0n) is 10.00. The quantitative estimate of drug-likeness (QED) is 0.665. The summed E-state index contributed by atoms with van der Waals surface area (Å²) in [7, 11) is 0. The number of hydrogen-bond donors (Lipinski definition) is 1. The van der Waals surface area contributed by atoms with Crippen LogP contribution >= 0.6 is 0 Å². The summed E-state index contributed by atoms with van der Waals surface area (Å²) in [5, 5.41) is 3.41. The normalized spacial score (nSPS) is 10.8. The van der Waals surface area contributed by atoms with E-state index in [1.165, 1.54) is 25.1 Å². The van der Waals surface area contributed by atoms with Crippen molar-refractivity contribution in [3.05, 3.63) is 18.2 Å². The Morgan fingerprint density at radius 1 is 1.27 bits per heavy atom. The number of imidazole rings is 1. The number of aromatic nitrogens is 2. The molecule has 1 N–H and O–H groups in total. The zero-order valence-corrected chi connectivity index (χ0v) is 10.00. The predicted molar refractivity (Wildman–Crippen MR) is 64.0 cm³/mol. The molecule has 3 heteroatoms. The average Bonchev–Trinajstić information content (AvgIpc) is 2.66. The standard InChI is InChI=1S/C12H23N3/c1-3-7-13-8-5-6-12-14-9-11-15(12)10-4-2/h9,11,13H,3-8,10H2,1-2H3. The van der Waals surface area contributed by atoms with Crippen LogP contribution in [-0.4, -0.2) is 22.6 Å². The zero-order chi connectivity index (χ0) is 10.9. The van der Waals surface area contributed by atoms with Crippen molar-refractivity contribution in [1.82, 2.24) is 14.9 Å². The number of hydrogen-bond acceptors (Lipinski definition) is 2. The molecule has 0 bridgehead atoms. The number of nitrogens with zero attached hydrogens (tertiary/aromatic N) is 2. The van der Waals surface area contributed by atoms with Gasteiger partial charge in [0.15, 0.2) is 0 Å². The molecule has 1 heterocycles. The second-order valence-electron chi connectivity index (χ2n) is 3.89. The van der Waals surface area contributed by atoms with Crippen molar-refractivity contribution < 1.29 is 0 Å². The number of rotatable bonds is 8. The molecule has 0 saturated heterocycles. The van der Waals surface area contributed by atoms with Crippen molar-refractivity contribution in [3.8, 4) is 0 Å². The first-order valence-electron chi connectivity index (χ1n) is 6.09. The second-order valence-corrected chi connectivity index (χ2v) is 3.89.